The Hall–Kier alpha value is -1.38. The number of hydrogen-bond donors (Lipinski definition) is 0. The van der Waals surface area contributed by atoms with E-state index in [1.54, 1.807) is 7.11 Å². The summed E-state index contributed by atoms with van der Waals surface area (Å²) in [5.74, 6) is 2.87. The average Bonchev–Trinajstić information content (AvgIpc) is 2.76. The van der Waals surface area contributed by atoms with Crippen LogP contribution in [0, 0.1) is 0 Å². The molecule has 1 aromatic carbocycles. The molecule has 1 heterocycles. The van der Waals surface area contributed by atoms with E-state index in [0.29, 0.717) is 12.7 Å². The molecule has 0 aliphatic carbocycles. The molecule has 0 fully saturated rings. The monoisotopic (exact) mass is 224 g/mol. The summed E-state index contributed by atoms with van der Waals surface area (Å²) >= 11 is 0. The number of rotatable bonds is 2. The quantitative estimate of drug-likeness (QED) is 0.768. The van der Waals surface area contributed by atoms with Crippen molar-refractivity contribution in [3.63, 3.8) is 0 Å². The van der Waals surface area contributed by atoms with Gasteiger partial charge in [-0.2, -0.15) is 0 Å². The molecule has 0 bridgehead atoms. The van der Waals surface area contributed by atoms with Gasteiger partial charge in [-0.3, -0.25) is 0 Å². The minimum Gasteiger partial charge on any atom is -0.496 e. The molecule has 2 rings (SSSR count). The van der Waals surface area contributed by atoms with E-state index in [4.69, 9.17) is 14.2 Å². The van der Waals surface area contributed by atoms with Gasteiger partial charge in [0.2, 0.25) is 6.79 Å². The van der Waals surface area contributed by atoms with Crippen molar-refractivity contribution < 1.29 is 14.2 Å². The largest absolute Gasteiger partial charge is 0.496 e. The summed E-state index contributed by atoms with van der Waals surface area (Å²) in [6, 6.07) is 3.88. The van der Waals surface area contributed by atoms with Crippen LogP contribution in [-0.2, 0) is 0 Å². The van der Waals surface area contributed by atoms with Crippen molar-refractivity contribution in [2.75, 3.05) is 13.9 Å². The lowest BCUT2D eigenvalue weighted by atomic mass is 10.0. The Bertz CT molecular complexity index is 345. The van der Waals surface area contributed by atoms with Gasteiger partial charge in [-0.1, -0.05) is 27.7 Å². The predicted octanol–water partition coefficient (Wildman–Crippen LogP) is 3.57. The van der Waals surface area contributed by atoms with Crippen LogP contribution in [0.3, 0.4) is 0 Å². The predicted molar refractivity (Wildman–Crippen MR) is 64.6 cm³/mol. The van der Waals surface area contributed by atoms with Crippen molar-refractivity contribution >= 4 is 0 Å². The number of fused-ring (bicyclic) bond motifs is 1. The highest BCUT2D eigenvalue weighted by atomic mass is 16.7. The van der Waals surface area contributed by atoms with Crippen LogP contribution in [0.15, 0.2) is 12.1 Å². The molecule has 1 aliphatic rings. The summed E-state index contributed by atoms with van der Waals surface area (Å²) in [7, 11) is 1.67. The van der Waals surface area contributed by atoms with Crippen LogP contribution in [0.4, 0.5) is 0 Å². The van der Waals surface area contributed by atoms with Crippen LogP contribution < -0.4 is 14.2 Å². The minimum atomic E-state index is 0.306. The second-order valence-electron chi connectivity index (χ2n) is 3.60. The molecule has 90 valence electrons. The van der Waals surface area contributed by atoms with Crippen molar-refractivity contribution in [3.8, 4) is 17.2 Å². The van der Waals surface area contributed by atoms with Gasteiger partial charge in [0.25, 0.3) is 0 Å². The van der Waals surface area contributed by atoms with Crippen molar-refractivity contribution in [1.82, 2.24) is 0 Å². The first kappa shape index (κ1) is 12.7. The highest BCUT2D eigenvalue weighted by Crippen LogP contribution is 2.40. The summed E-state index contributed by atoms with van der Waals surface area (Å²) in [6.07, 6.45) is 0. The Balaban J connectivity index is 0.000000606. The standard InChI is InChI=1S/C11H14O3.C2H6/c1-7(2)8-4-10-11(14-6-13-10)5-9(8)12-3;1-2/h4-5,7H,6H2,1-3H3;1-2H3. The Morgan fingerprint density at radius 3 is 2.19 bits per heavy atom. The Morgan fingerprint density at radius 1 is 1.12 bits per heavy atom. The summed E-state index contributed by atoms with van der Waals surface area (Å²) in [5, 5.41) is 0. The molecule has 0 amide bonds. The normalized spacial score (nSPS) is 12.1. The summed E-state index contributed by atoms with van der Waals surface area (Å²) in [4.78, 5) is 0. The zero-order valence-electron chi connectivity index (χ0n) is 10.7. The average molecular weight is 224 g/mol. The van der Waals surface area contributed by atoms with Gasteiger partial charge in [0.05, 0.1) is 7.11 Å². The van der Waals surface area contributed by atoms with Gasteiger partial charge in [-0.05, 0) is 12.0 Å². The second-order valence-corrected chi connectivity index (χ2v) is 3.60. The molecule has 1 aromatic rings. The highest BCUT2D eigenvalue weighted by molar-refractivity contribution is 5.52. The maximum atomic E-state index is 5.31. The molecule has 3 heteroatoms. The maximum absolute atomic E-state index is 5.31. The van der Waals surface area contributed by atoms with Gasteiger partial charge in [0.15, 0.2) is 11.5 Å². The number of hydrogen-bond acceptors (Lipinski definition) is 3. The molecule has 0 radical (unpaired) electrons. The number of ether oxygens (including phenoxy) is 3. The first-order valence-electron chi connectivity index (χ1n) is 5.70. The number of methoxy groups -OCH3 is 1. The van der Waals surface area contributed by atoms with Gasteiger partial charge in [-0.25, -0.2) is 0 Å². The fourth-order valence-corrected chi connectivity index (χ4v) is 1.57. The third-order valence-electron chi connectivity index (χ3n) is 2.35. The zero-order valence-corrected chi connectivity index (χ0v) is 10.7. The Morgan fingerprint density at radius 2 is 1.69 bits per heavy atom. The van der Waals surface area contributed by atoms with E-state index in [2.05, 4.69) is 13.8 Å². The van der Waals surface area contributed by atoms with Crippen LogP contribution in [0.1, 0.15) is 39.2 Å². The van der Waals surface area contributed by atoms with Gasteiger partial charge >= 0.3 is 0 Å². The van der Waals surface area contributed by atoms with Gasteiger partial charge < -0.3 is 14.2 Å². The molecule has 16 heavy (non-hydrogen) atoms. The van der Waals surface area contributed by atoms with Crippen molar-refractivity contribution in [2.24, 2.45) is 0 Å². The fraction of sp³-hybridized carbons (Fsp3) is 0.538. The van der Waals surface area contributed by atoms with E-state index >= 15 is 0 Å². The third-order valence-corrected chi connectivity index (χ3v) is 2.35. The van der Waals surface area contributed by atoms with Crippen LogP contribution in [0.2, 0.25) is 0 Å². The summed E-state index contributed by atoms with van der Waals surface area (Å²) in [6.45, 7) is 8.56. The molecular weight excluding hydrogens is 204 g/mol. The molecule has 0 saturated heterocycles. The first-order valence-corrected chi connectivity index (χ1v) is 5.70. The lowest BCUT2D eigenvalue weighted by Gasteiger charge is -2.12. The maximum Gasteiger partial charge on any atom is 0.231 e. The lowest BCUT2D eigenvalue weighted by Crippen LogP contribution is -1.94. The second kappa shape index (κ2) is 5.64. The lowest BCUT2D eigenvalue weighted by molar-refractivity contribution is 0.174. The molecule has 1 aliphatic heterocycles. The van der Waals surface area contributed by atoms with E-state index < -0.39 is 0 Å². The van der Waals surface area contributed by atoms with Gasteiger partial charge in [0.1, 0.15) is 5.75 Å². The van der Waals surface area contributed by atoms with Crippen LogP contribution in [0.5, 0.6) is 17.2 Å². The first-order chi connectivity index (χ1) is 7.72. The molecule has 0 atom stereocenters. The fourth-order valence-electron chi connectivity index (χ4n) is 1.57. The topological polar surface area (TPSA) is 27.7 Å². The minimum absolute atomic E-state index is 0.306. The molecule has 0 spiro atoms. The Kier molecular flexibility index (Phi) is 4.47. The summed E-state index contributed by atoms with van der Waals surface area (Å²) < 4.78 is 15.9. The van der Waals surface area contributed by atoms with Crippen molar-refractivity contribution in [3.05, 3.63) is 17.7 Å². The zero-order chi connectivity index (χ0) is 12.1. The molecule has 3 nitrogen and oxygen atoms in total. The van der Waals surface area contributed by atoms with E-state index in [-0.39, 0.29) is 0 Å². The van der Waals surface area contributed by atoms with E-state index in [0.717, 1.165) is 22.8 Å². The summed E-state index contributed by atoms with van der Waals surface area (Å²) in [5.41, 5.74) is 1.15. The van der Waals surface area contributed by atoms with E-state index in [1.165, 1.54) is 0 Å². The molecule has 0 N–H and O–H groups in total. The van der Waals surface area contributed by atoms with Crippen LogP contribution >= 0.6 is 0 Å². The van der Waals surface area contributed by atoms with E-state index in [9.17, 15) is 0 Å². The Labute approximate surface area is 97.3 Å². The van der Waals surface area contributed by atoms with Crippen molar-refractivity contribution in [1.29, 1.82) is 0 Å². The van der Waals surface area contributed by atoms with Crippen LogP contribution in [-0.4, -0.2) is 13.9 Å². The SMILES string of the molecule is CC.COc1cc2c(cc1C(C)C)OCO2. The van der Waals surface area contributed by atoms with E-state index in [1.807, 2.05) is 26.0 Å². The number of benzene rings is 1. The highest BCUT2D eigenvalue weighted by Gasteiger charge is 2.18. The smallest absolute Gasteiger partial charge is 0.231 e. The van der Waals surface area contributed by atoms with Crippen molar-refractivity contribution in [2.45, 2.75) is 33.6 Å². The molecule has 0 aromatic heterocycles. The van der Waals surface area contributed by atoms with Gasteiger partial charge in [-0.15, -0.1) is 0 Å². The molecule has 0 unspecified atom stereocenters. The molecule has 0 saturated carbocycles. The third kappa shape index (κ3) is 2.40. The van der Waals surface area contributed by atoms with Crippen LogP contribution in [0.25, 0.3) is 0 Å². The molecular formula is C13H20O3. The van der Waals surface area contributed by atoms with Gasteiger partial charge in [0, 0.05) is 11.6 Å².